The topological polar surface area (TPSA) is 0 Å². The average molecular weight is 186 g/mol. The molecule has 0 radical (unpaired) electrons. The molecule has 0 aliphatic carbocycles. The van der Waals surface area contributed by atoms with E-state index >= 15 is 0 Å². The van der Waals surface area contributed by atoms with Crippen molar-refractivity contribution in [1.29, 1.82) is 0 Å². The summed E-state index contributed by atoms with van der Waals surface area (Å²) in [7, 11) is 0. The van der Waals surface area contributed by atoms with Crippen molar-refractivity contribution >= 4 is 35.1 Å². The lowest BCUT2D eigenvalue weighted by Gasteiger charge is -1.62. The first-order valence-electron chi connectivity index (χ1n) is 1.25. The van der Waals surface area contributed by atoms with Crippen LogP contribution >= 0.6 is 28.1 Å². The maximum Gasteiger partial charge on any atom is 0.158 e. The molecular formula is CH5BIP. The van der Waals surface area contributed by atoms with E-state index in [9.17, 15) is 0 Å². The van der Waals surface area contributed by atoms with Crippen LogP contribution < -0.4 is 0 Å². The van der Waals surface area contributed by atoms with Gasteiger partial charge in [0, 0.05) is 0 Å². The second-order valence-electron chi connectivity index (χ2n) is 0.487. The van der Waals surface area contributed by atoms with Crippen molar-refractivity contribution in [1.82, 2.24) is 0 Å². The van der Waals surface area contributed by atoms with E-state index in [1.165, 1.54) is 7.00 Å². The largest absolute Gasteiger partial charge is 0.158 e. The first-order chi connectivity index (χ1) is 1.91. The van der Waals surface area contributed by atoms with Crippen LogP contribution in [-0.2, 0) is 0 Å². The summed E-state index contributed by atoms with van der Waals surface area (Å²) in [6.45, 7) is 3.52. The molecule has 3 heteroatoms. The number of rotatable bonds is 1. The molecule has 4 heavy (non-hydrogen) atoms. The molecule has 0 aromatic carbocycles. The minimum atomic E-state index is 1.11. The summed E-state index contributed by atoms with van der Waals surface area (Å²) in [5, 5.41) is 0. The molecule has 0 aliphatic rings. The van der Waals surface area contributed by atoms with E-state index < -0.39 is 0 Å². The molecule has 0 aromatic rings. The fourth-order valence-corrected chi connectivity index (χ4v) is 0. The van der Waals surface area contributed by atoms with Gasteiger partial charge in [0.05, 0.1) is 0 Å². The van der Waals surface area contributed by atoms with Gasteiger partial charge in [0.15, 0.2) is 7.00 Å². The fraction of sp³-hybridized carbons (Fsp3) is 1.00. The molecule has 24 valence electrons. The molecule has 1 atom stereocenters. The maximum absolute atomic E-state index is 2.38. The molecule has 0 aliphatic heterocycles. The highest BCUT2D eigenvalue weighted by Gasteiger charge is 1.63. The van der Waals surface area contributed by atoms with E-state index in [1.807, 2.05) is 0 Å². The lowest BCUT2D eigenvalue weighted by Crippen LogP contribution is -1.49. The highest BCUT2D eigenvalue weighted by Crippen LogP contribution is 2.15. The Morgan fingerprint density at radius 1 is 2.00 bits per heavy atom. The minimum absolute atomic E-state index is 1.11. The van der Waals surface area contributed by atoms with Gasteiger partial charge in [0.1, 0.15) is 0 Å². The molecule has 0 saturated carbocycles. The Hall–Kier alpha value is 1.22. The Labute approximate surface area is 42.2 Å². The normalized spacial score (nSPS) is 9.50. The van der Waals surface area contributed by atoms with Crippen LogP contribution in [0.3, 0.4) is 0 Å². The number of halogens is 1. The molecule has 0 saturated heterocycles. The van der Waals surface area contributed by atoms with Crippen LogP contribution in [0.1, 0.15) is 0 Å². The monoisotopic (exact) mass is 186 g/mol. The quantitative estimate of drug-likeness (QED) is 0.329. The molecule has 0 bridgehead atoms. The smallest absolute Gasteiger partial charge is 0.0949 e. The second kappa shape index (κ2) is 4.22. The van der Waals surface area contributed by atoms with Crippen LogP contribution in [0.5, 0.6) is 0 Å². The van der Waals surface area contributed by atoms with Gasteiger partial charge < -0.3 is 0 Å². The van der Waals surface area contributed by atoms with E-state index in [1.54, 1.807) is 0 Å². The van der Waals surface area contributed by atoms with Gasteiger partial charge in [-0.05, 0) is 0 Å². The number of hydrogen-bond acceptors (Lipinski definition) is 0. The van der Waals surface area contributed by atoms with E-state index in [4.69, 9.17) is 0 Å². The number of hydrogen-bond donors (Lipinski definition) is 0. The fourth-order valence-electron chi connectivity index (χ4n) is 0. The van der Waals surface area contributed by atoms with Crippen LogP contribution in [0, 0.1) is 0 Å². The van der Waals surface area contributed by atoms with Crippen LogP contribution in [0.25, 0.3) is 0 Å². The summed E-state index contributed by atoms with van der Waals surface area (Å²) in [6, 6.07) is 0. The molecule has 0 nitrogen and oxygen atoms in total. The Balaban J connectivity index is 1.97. The van der Waals surface area contributed by atoms with Gasteiger partial charge >= 0.3 is 0 Å². The lowest BCUT2D eigenvalue weighted by atomic mass is 10.2. The van der Waals surface area contributed by atoms with E-state index in [2.05, 4.69) is 28.9 Å². The molecule has 0 N–H and O–H groups in total. The third-order valence-corrected chi connectivity index (χ3v) is 2.69. The third-order valence-electron chi connectivity index (χ3n) is 0.134. The summed E-state index contributed by atoms with van der Waals surface area (Å²) in [4.78, 5) is 0. The van der Waals surface area contributed by atoms with Crippen molar-refractivity contribution in [3.8, 4) is 0 Å². The summed E-state index contributed by atoms with van der Waals surface area (Å²) in [6.07, 6.45) is 1.11. The van der Waals surface area contributed by atoms with Crippen LogP contribution in [0.4, 0.5) is 0 Å². The SMILES string of the molecule is CBPI. The molecule has 1 unspecified atom stereocenters. The molecule has 0 rings (SSSR count). The van der Waals surface area contributed by atoms with Gasteiger partial charge in [-0.25, -0.2) is 0 Å². The Bertz CT molecular complexity index is 10.0. The minimum Gasteiger partial charge on any atom is -0.0949 e. The zero-order chi connectivity index (χ0) is 3.41. The van der Waals surface area contributed by atoms with Gasteiger partial charge in [-0.3, -0.25) is 0 Å². The molecule has 0 fully saturated rings. The first kappa shape index (κ1) is 5.22. The second-order valence-corrected chi connectivity index (χ2v) is 3.75. The molecule has 0 spiro atoms. The van der Waals surface area contributed by atoms with Gasteiger partial charge in [0.2, 0.25) is 0 Å². The molecule has 0 heterocycles. The third kappa shape index (κ3) is 3.22. The Morgan fingerprint density at radius 2 is 2.25 bits per heavy atom. The van der Waals surface area contributed by atoms with E-state index in [-0.39, 0.29) is 0 Å². The van der Waals surface area contributed by atoms with Gasteiger partial charge in [-0.15, -0.1) is 0 Å². The maximum atomic E-state index is 2.38. The van der Waals surface area contributed by atoms with Gasteiger partial charge in [-0.1, -0.05) is 35.0 Å². The standard InChI is InChI=1S/CH5BIP/c1-2-4-3/h2,4H,1H3. The molecule has 0 aromatic heterocycles. The molecular weight excluding hydrogens is 181 g/mol. The summed E-state index contributed by atoms with van der Waals surface area (Å²) in [5.74, 6) is 0. The summed E-state index contributed by atoms with van der Waals surface area (Å²) < 4.78 is 0. The van der Waals surface area contributed by atoms with E-state index in [0.29, 0.717) is 0 Å². The summed E-state index contributed by atoms with van der Waals surface area (Å²) >= 11 is 2.38. The van der Waals surface area contributed by atoms with Crippen LogP contribution in [0.2, 0.25) is 6.82 Å². The van der Waals surface area contributed by atoms with Gasteiger partial charge in [-0.2, -0.15) is 0 Å². The average Bonchev–Trinajstić information content (AvgIpc) is 1.37. The Morgan fingerprint density at radius 3 is 2.25 bits per heavy atom. The first-order valence-corrected chi connectivity index (χ1v) is 5.57. The highest BCUT2D eigenvalue weighted by atomic mass is 127. The predicted molar refractivity (Wildman–Crippen MR) is 35.3 cm³/mol. The lowest BCUT2D eigenvalue weighted by molar-refractivity contribution is 2.38. The van der Waals surface area contributed by atoms with Crippen molar-refractivity contribution in [2.45, 2.75) is 6.82 Å². The van der Waals surface area contributed by atoms with Crippen LogP contribution in [-0.4, -0.2) is 7.00 Å². The zero-order valence-electron chi connectivity index (χ0n) is 2.59. The van der Waals surface area contributed by atoms with Crippen LogP contribution in [0.15, 0.2) is 0 Å². The van der Waals surface area contributed by atoms with Crippen molar-refractivity contribution in [3.63, 3.8) is 0 Å². The highest BCUT2D eigenvalue weighted by molar-refractivity contribution is 14.2. The van der Waals surface area contributed by atoms with Crippen molar-refractivity contribution < 1.29 is 0 Å². The molecule has 0 amide bonds. The summed E-state index contributed by atoms with van der Waals surface area (Å²) in [5.41, 5.74) is 0. The van der Waals surface area contributed by atoms with E-state index in [0.717, 1.165) is 6.10 Å². The zero-order valence-corrected chi connectivity index (χ0v) is 5.74. The van der Waals surface area contributed by atoms with Gasteiger partial charge in [0.25, 0.3) is 0 Å². The predicted octanol–water partition coefficient (Wildman–Crippen LogP) is 1.41. The van der Waals surface area contributed by atoms with Crippen molar-refractivity contribution in [2.75, 3.05) is 0 Å². The Kier molecular flexibility index (Phi) is 5.52. The van der Waals surface area contributed by atoms with Crippen molar-refractivity contribution in [2.24, 2.45) is 0 Å². The van der Waals surface area contributed by atoms with Crippen molar-refractivity contribution in [3.05, 3.63) is 0 Å².